The van der Waals surface area contributed by atoms with Gasteiger partial charge in [0.15, 0.2) is 11.4 Å². The van der Waals surface area contributed by atoms with E-state index in [-0.39, 0.29) is 35.8 Å². The van der Waals surface area contributed by atoms with Crippen molar-refractivity contribution in [2.75, 3.05) is 13.1 Å². The lowest BCUT2D eigenvalue weighted by molar-refractivity contribution is 0.00588. The number of rotatable bonds is 2. The molecule has 1 N–H and O–H groups in total. The zero-order valence-electron chi connectivity index (χ0n) is 16.6. The molecule has 8 nitrogen and oxygen atoms in total. The highest BCUT2D eigenvalue weighted by Gasteiger charge is 2.45. The molecule has 162 valence electrons. The topological polar surface area (TPSA) is 110 Å². The van der Waals surface area contributed by atoms with Crippen LogP contribution in [0.4, 0.5) is 0 Å². The van der Waals surface area contributed by atoms with E-state index in [2.05, 4.69) is 4.98 Å². The van der Waals surface area contributed by atoms with Crippen LogP contribution in [-0.2, 0) is 10.0 Å². The maximum Gasteiger partial charge on any atom is 0.417 e. The molecular formula is C21H19ClN2O6S. The summed E-state index contributed by atoms with van der Waals surface area (Å²) in [5.74, 6) is -0.185. The van der Waals surface area contributed by atoms with Gasteiger partial charge in [0.25, 0.3) is 0 Å². The Balaban J connectivity index is 1.38. The minimum absolute atomic E-state index is 0.0487. The number of H-pyrrole nitrogens is 1. The van der Waals surface area contributed by atoms with Crippen LogP contribution in [0, 0.1) is 6.92 Å². The Kier molecular flexibility index (Phi) is 4.55. The second-order valence-corrected chi connectivity index (χ2v) is 10.4. The van der Waals surface area contributed by atoms with Gasteiger partial charge in [-0.25, -0.2) is 13.2 Å². The Morgan fingerprint density at radius 1 is 1.13 bits per heavy atom. The minimum Gasteiger partial charge on any atom is -0.486 e. The van der Waals surface area contributed by atoms with Crippen LogP contribution in [0.1, 0.15) is 35.2 Å². The summed E-state index contributed by atoms with van der Waals surface area (Å²) in [5, 5.41) is 0.516. The number of ketones is 1. The Labute approximate surface area is 182 Å². The average molecular weight is 463 g/mol. The Morgan fingerprint density at radius 2 is 1.87 bits per heavy atom. The molecule has 0 radical (unpaired) electrons. The number of ether oxygens (including phenoxy) is 1. The van der Waals surface area contributed by atoms with E-state index in [4.69, 9.17) is 20.8 Å². The highest BCUT2D eigenvalue weighted by Crippen LogP contribution is 2.41. The summed E-state index contributed by atoms with van der Waals surface area (Å²) in [5.41, 5.74) is 1.18. The van der Waals surface area contributed by atoms with E-state index in [1.54, 1.807) is 12.1 Å². The van der Waals surface area contributed by atoms with E-state index < -0.39 is 21.4 Å². The largest absolute Gasteiger partial charge is 0.486 e. The molecule has 1 aromatic heterocycles. The lowest BCUT2D eigenvalue weighted by Crippen LogP contribution is -2.52. The van der Waals surface area contributed by atoms with Crippen LogP contribution >= 0.6 is 11.6 Å². The molecule has 0 saturated carbocycles. The number of halogens is 1. The van der Waals surface area contributed by atoms with Gasteiger partial charge in [0.2, 0.25) is 10.0 Å². The third kappa shape index (κ3) is 3.37. The number of aromatic nitrogens is 1. The van der Waals surface area contributed by atoms with Crippen molar-refractivity contribution in [2.24, 2.45) is 0 Å². The summed E-state index contributed by atoms with van der Waals surface area (Å²) >= 11 is 6.15. The molecule has 0 atom stereocenters. The molecule has 10 heteroatoms. The van der Waals surface area contributed by atoms with Crippen molar-refractivity contribution in [3.05, 3.63) is 57.0 Å². The first-order valence-electron chi connectivity index (χ1n) is 9.82. The summed E-state index contributed by atoms with van der Waals surface area (Å²) in [6.45, 7) is 2.27. The van der Waals surface area contributed by atoms with Crippen LogP contribution in [0.25, 0.3) is 11.1 Å². The first kappa shape index (κ1) is 20.3. The van der Waals surface area contributed by atoms with Gasteiger partial charge in [-0.3, -0.25) is 9.78 Å². The number of aryl methyl sites for hydroxylation is 1. The highest BCUT2D eigenvalue weighted by molar-refractivity contribution is 7.89. The number of benzene rings is 2. The SMILES string of the molecule is Cc1cc2c(cc1Cl)C(=O)CC1(CCN(S(=O)(=O)c3ccc4[nH]c(=O)oc4c3)CC1)O2. The van der Waals surface area contributed by atoms with E-state index in [9.17, 15) is 18.0 Å². The molecule has 31 heavy (non-hydrogen) atoms. The Morgan fingerprint density at radius 3 is 2.61 bits per heavy atom. The third-order valence-corrected chi connectivity index (χ3v) is 8.34. The molecule has 5 rings (SSSR count). The van der Waals surface area contributed by atoms with Crippen LogP contribution in [0.2, 0.25) is 5.02 Å². The molecule has 2 aliphatic rings. The van der Waals surface area contributed by atoms with Gasteiger partial charge < -0.3 is 9.15 Å². The van der Waals surface area contributed by atoms with E-state index in [1.165, 1.54) is 22.5 Å². The predicted molar refractivity (Wildman–Crippen MR) is 113 cm³/mol. The number of Topliss-reactive ketones (excluding diaryl/α,β-unsaturated/α-hetero) is 1. The fourth-order valence-electron chi connectivity index (χ4n) is 4.26. The molecular weight excluding hydrogens is 444 g/mol. The molecule has 3 heterocycles. The zero-order chi connectivity index (χ0) is 22.0. The maximum absolute atomic E-state index is 13.1. The fourth-order valence-corrected chi connectivity index (χ4v) is 5.88. The molecule has 1 spiro atoms. The summed E-state index contributed by atoms with van der Waals surface area (Å²) in [7, 11) is -3.79. The molecule has 2 aromatic carbocycles. The molecule has 0 bridgehead atoms. The van der Waals surface area contributed by atoms with E-state index >= 15 is 0 Å². The summed E-state index contributed by atoms with van der Waals surface area (Å²) in [6.07, 6.45) is 0.967. The number of piperidine rings is 1. The number of nitrogens with one attached hydrogen (secondary N) is 1. The zero-order valence-corrected chi connectivity index (χ0v) is 18.2. The molecule has 0 aliphatic carbocycles. The van der Waals surface area contributed by atoms with Crippen LogP contribution in [0.15, 0.2) is 44.4 Å². The predicted octanol–water partition coefficient (Wildman–Crippen LogP) is 3.27. The first-order valence-corrected chi connectivity index (χ1v) is 11.6. The summed E-state index contributed by atoms with van der Waals surface area (Å²) in [4.78, 5) is 26.6. The first-order chi connectivity index (χ1) is 14.7. The number of hydrogen-bond donors (Lipinski definition) is 1. The standard InChI is InChI=1S/C21H19ClN2O6S/c1-12-8-18-14(10-15(12)22)17(25)11-21(30-18)4-6-24(7-5-21)31(27,28)13-2-3-16-19(9-13)29-20(26)23-16/h2-3,8-10H,4-7,11H2,1H3,(H,23,26). The summed E-state index contributed by atoms with van der Waals surface area (Å²) < 4.78 is 38.9. The van der Waals surface area contributed by atoms with Gasteiger partial charge in [-0.15, -0.1) is 0 Å². The smallest absolute Gasteiger partial charge is 0.417 e. The van der Waals surface area contributed by atoms with Gasteiger partial charge >= 0.3 is 5.76 Å². The normalized spacial score (nSPS) is 18.8. The third-order valence-electron chi connectivity index (χ3n) is 6.03. The van der Waals surface area contributed by atoms with Crippen molar-refractivity contribution < 1.29 is 22.4 Å². The van der Waals surface area contributed by atoms with Gasteiger partial charge in [0.1, 0.15) is 11.4 Å². The van der Waals surface area contributed by atoms with Crippen molar-refractivity contribution in [1.29, 1.82) is 0 Å². The van der Waals surface area contributed by atoms with E-state index in [0.717, 1.165) is 5.56 Å². The quantitative estimate of drug-likeness (QED) is 0.625. The van der Waals surface area contributed by atoms with Crippen molar-refractivity contribution >= 4 is 38.5 Å². The molecule has 2 aliphatic heterocycles. The van der Waals surface area contributed by atoms with Gasteiger partial charge in [-0.1, -0.05) is 11.6 Å². The number of oxazole rings is 1. The van der Waals surface area contributed by atoms with Gasteiger partial charge in [-0.2, -0.15) is 4.31 Å². The van der Waals surface area contributed by atoms with Crippen LogP contribution in [-0.4, -0.2) is 42.2 Å². The molecule has 1 saturated heterocycles. The number of fused-ring (bicyclic) bond motifs is 2. The van der Waals surface area contributed by atoms with Crippen LogP contribution < -0.4 is 10.5 Å². The highest BCUT2D eigenvalue weighted by atomic mass is 35.5. The number of sulfonamides is 1. The van der Waals surface area contributed by atoms with Gasteiger partial charge in [0.05, 0.1) is 22.4 Å². The molecule has 1 fully saturated rings. The number of carbonyl (C=O) groups is 1. The molecule has 3 aromatic rings. The maximum atomic E-state index is 13.1. The van der Waals surface area contributed by atoms with Gasteiger partial charge in [0, 0.05) is 37.0 Å². The number of aromatic amines is 1. The fraction of sp³-hybridized carbons (Fsp3) is 0.333. The monoisotopic (exact) mass is 462 g/mol. The minimum atomic E-state index is -3.79. The summed E-state index contributed by atoms with van der Waals surface area (Å²) in [6, 6.07) is 7.69. The van der Waals surface area contributed by atoms with Crippen molar-refractivity contribution in [3.63, 3.8) is 0 Å². The van der Waals surface area contributed by atoms with Crippen molar-refractivity contribution in [1.82, 2.24) is 9.29 Å². The van der Waals surface area contributed by atoms with E-state index in [1.807, 2.05) is 6.92 Å². The Hall–Kier alpha value is -2.62. The second-order valence-electron chi connectivity index (χ2n) is 8.06. The second kappa shape index (κ2) is 6.94. The van der Waals surface area contributed by atoms with Crippen molar-refractivity contribution in [3.8, 4) is 5.75 Å². The van der Waals surface area contributed by atoms with Gasteiger partial charge in [-0.05, 0) is 36.8 Å². The number of carbonyl (C=O) groups excluding carboxylic acids is 1. The van der Waals surface area contributed by atoms with Crippen LogP contribution in [0.5, 0.6) is 5.75 Å². The van der Waals surface area contributed by atoms with E-state index in [0.29, 0.717) is 34.7 Å². The lowest BCUT2D eigenvalue weighted by Gasteiger charge is -2.43. The molecule has 0 amide bonds. The number of nitrogens with zero attached hydrogens (tertiary/aromatic N) is 1. The van der Waals surface area contributed by atoms with Crippen LogP contribution in [0.3, 0.4) is 0 Å². The number of hydrogen-bond acceptors (Lipinski definition) is 6. The lowest BCUT2D eigenvalue weighted by atomic mass is 9.83. The Bertz CT molecular complexity index is 1380. The van der Waals surface area contributed by atoms with Crippen molar-refractivity contribution in [2.45, 2.75) is 36.7 Å². The average Bonchev–Trinajstić information content (AvgIpc) is 3.09. The molecule has 0 unspecified atom stereocenters.